The van der Waals surface area contributed by atoms with Gasteiger partial charge < -0.3 is 19.1 Å². The molecule has 0 spiro atoms. The Labute approximate surface area is 143 Å². The molecule has 6 nitrogen and oxygen atoms in total. The molecule has 0 aliphatic carbocycles. The smallest absolute Gasteiger partial charge is 0.256 e. The Hall–Kier alpha value is -2.90. The summed E-state index contributed by atoms with van der Waals surface area (Å²) < 4.78 is 43.4. The van der Waals surface area contributed by atoms with Crippen LogP contribution in [0.4, 0.5) is 8.78 Å². The Balaban J connectivity index is 2.57. The zero-order valence-electron chi connectivity index (χ0n) is 14.5. The fourth-order valence-electron chi connectivity index (χ4n) is 2.10. The van der Waals surface area contributed by atoms with Crippen molar-refractivity contribution >= 4 is 5.91 Å². The highest BCUT2D eigenvalue weighted by Crippen LogP contribution is 2.41. The fraction of sp³-hybridized carbons (Fsp3) is 0.294. The van der Waals surface area contributed by atoms with Crippen LogP contribution in [-0.2, 0) is 0 Å². The van der Waals surface area contributed by atoms with Gasteiger partial charge in [-0.25, -0.2) is 13.8 Å². The molecule has 0 aliphatic heterocycles. The number of hydrogen-bond acceptors (Lipinski definition) is 5. The summed E-state index contributed by atoms with van der Waals surface area (Å²) in [7, 11) is 5.94. The summed E-state index contributed by atoms with van der Waals surface area (Å²) in [4.78, 5) is 17.2. The van der Waals surface area contributed by atoms with Crippen LogP contribution in [0.15, 0.2) is 18.3 Å². The highest BCUT2D eigenvalue weighted by Gasteiger charge is 2.21. The van der Waals surface area contributed by atoms with Gasteiger partial charge in [0.2, 0.25) is 5.75 Å². The van der Waals surface area contributed by atoms with Gasteiger partial charge in [-0.3, -0.25) is 4.79 Å². The second-order valence-corrected chi connectivity index (χ2v) is 5.36. The molecule has 8 heteroatoms. The number of aromatic nitrogens is 1. The number of pyridine rings is 1. The van der Waals surface area contributed by atoms with Crippen LogP contribution < -0.4 is 14.2 Å². The molecule has 0 N–H and O–H groups in total. The number of carbonyl (C=O) groups is 1. The summed E-state index contributed by atoms with van der Waals surface area (Å²) in [5, 5.41) is 0. The lowest BCUT2D eigenvalue weighted by Crippen LogP contribution is -2.21. The van der Waals surface area contributed by atoms with Crippen LogP contribution in [0.2, 0.25) is 0 Å². The third-order valence-corrected chi connectivity index (χ3v) is 3.47. The Morgan fingerprint density at radius 2 is 1.76 bits per heavy atom. The van der Waals surface area contributed by atoms with Crippen LogP contribution in [0.3, 0.4) is 0 Å². The second-order valence-electron chi connectivity index (χ2n) is 5.36. The van der Waals surface area contributed by atoms with Crippen molar-refractivity contribution in [2.45, 2.75) is 6.92 Å². The van der Waals surface area contributed by atoms with Crippen molar-refractivity contribution in [1.29, 1.82) is 0 Å². The van der Waals surface area contributed by atoms with Gasteiger partial charge in [0.05, 0.1) is 20.4 Å². The third-order valence-electron chi connectivity index (χ3n) is 3.47. The quantitative estimate of drug-likeness (QED) is 0.827. The fourth-order valence-corrected chi connectivity index (χ4v) is 2.10. The Morgan fingerprint density at radius 1 is 1.12 bits per heavy atom. The molecular formula is C17H18F2N2O4. The maximum absolute atomic E-state index is 14.2. The van der Waals surface area contributed by atoms with Crippen LogP contribution in [-0.4, -0.2) is 44.1 Å². The van der Waals surface area contributed by atoms with Crippen molar-refractivity contribution < 1.29 is 27.8 Å². The van der Waals surface area contributed by atoms with Gasteiger partial charge in [-0.1, -0.05) is 0 Å². The van der Waals surface area contributed by atoms with E-state index < -0.39 is 17.5 Å². The highest BCUT2D eigenvalue weighted by atomic mass is 19.1. The van der Waals surface area contributed by atoms with E-state index >= 15 is 0 Å². The zero-order chi connectivity index (χ0) is 18.7. The van der Waals surface area contributed by atoms with Gasteiger partial charge in [-0.2, -0.15) is 0 Å². The molecule has 1 aromatic heterocycles. The summed E-state index contributed by atoms with van der Waals surface area (Å²) in [6.07, 6.45) is 0.853. The third kappa shape index (κ3) is 3.62. The molecule has 2 aromatic rings. The molecule has 0 aliphatic rings. The maximum Gasteiger partial charge on any atom is 0.256 e. The van der Waals surface area contributed by atoms with E-state index in [-0.39, 0.29) is 34.3 Å². The molecule has 0 fully saturated rings. The van der Waals surface area contributed by atoms with Crippen LogP contribution >= 0.6 is 0 Å². The van der Waals surface area contributed by atoms with E-state index in [1.807, 2.05) is 0 Å². The van der Waals surface area contributed by atoms with Crippen molar-refractivity contribution in [2.24, 2.45) is 0 Å². The van der Waals surface area contributed by atoms with E-state index in [4.69, 9.17) is 14.2 Å². The molecule has 1 aromatic carbocycles. The summed E-state index contributed by atoms with van der Waals surface area (Å²) in [5.41, 5.74) is 0.0216. The van der Waals surface area contributed by atoms with E-state index in [1.165, 1.54) is 38.2 Å². The molecule has 1 amide bonds. The van der Waals surface area contributed by atoms with Gasteiger partial charge in [-0.05, 0) is 19.1 Å². The predicted molar refractivity (Wildman–Crippen MR) is 86.5 cm³/mol. The molecule has 134 valence electrons. The summed E-state index contributed by atoms with van der Waals surface area (Å²) in [6, 6.07) is 2.86. The molecule has 0 saturated carbocycles. The van der Waals surface area contributed by atoms with Gasteiger partial charge in [0.1, 0.15) is 5.82 Å². The maximum atomic E-state index is 14.2. The zero-order valence-corrected chi connectivity index (χ0v) is 14.5. The predicted octanol–water partition coefficient (Wildman–Crippen LogP) is 3.18. The average Bonchev–Trinajstić information content (AvgIpc) is 2.60. The molecule has 0 saturated heterocycles. The van der Waals surface area contributed by atoms with Gasteiger partial charge in [-0.15, -0.1) is 0 Å². The Bertz CT molecular complexity index is 810. The van der Waals surface area contributed by atoms with E-state index in [9.17, 15) is 13.6 Å². The van der Waals surface area contributed by atoms with E-state index in [0.717, 1.165) is 6.20 Å². The molecule has 0 atom stereocenters. The van der Waals surface area contributed by atoms with Crippen LogP contribution in [0, 0.1) is 18.6 Å². The number of benzene rings is 1. The van der Waals surface area contributed by atoms with Crippen LogP contribution in [0.5, 0.6) is 23.1 Å². The largest absolute Gasteiger partial charge is 0.493 e. The minimum Gasteiger partial charge on any atom is -0.493 e. The first-order valence-corrected chi connectivity index (χ1v) is 7.26. The number of amides is 1. The summed E-state index contributed by atoms with van der Waals surface area (Å²) in [5.74, 6) is -2.07. The standard InChI is InChI=1S/C17H18F2N2O4/c1-9-11(18)8-20-16(14(9)19)25-13-7-10(17(22)21(2)3)6-12(23-4)15(13)24-5/h6-8H,1-5H3. The first-order chi connectivity index (χ1) is 11.8. The highest BCUT2D eigenvalue weighted by molar-refractivity contribution is 5.95. The number of ether oxygens (including phenoxy) is 3. The molecular weight excluding hydrogens is 334 g/mol. The van der Waals surface area contributed by atoms with Gasteiger partial charge in [0, 0.05) is 25.2 Å². The SMILES string of the molecule is COc1cc(C(=O)N(C)C)cc(Oc2ncc(F)c(C)c2F)c1OC. The number of methoxy groups -OCH3 is 2. The lowest BCUT2D eigenvalue weighted by Gasteiger charge is -2.17. The average molecular weight is 352 g/mol. The number of rotatable bonds is 5. The van der Waals surface area contributed by atoms with Crippen LogP contribution in [0.1, 0.15) is 15.9 Å². The molecule has 25 heavy (non-hydrogen) atoms. The first kappa shape index (κ1) is 18.4. The molecule has 0 radical (unpaired) electrons. The van der Waals surface area contributed by atoms with Crippen molar-refractivity contribution in [3.63, 3.8) is 0 Å². The second kappa shape index (κ2) is 7.33. The number of carbonyl (C=O) groups excluding carboxylic acids is 1. The molecule has 2 rings (SSSR count). The summed E-state index contributed by atoms with van der Waals surface area (Å²) in [6.45, 7) is 1.27. The minimum atomic E-state index is -0.939. The van der Waals surface area contributed by atoms with Gasteiger partial charge >= 0.3 is 0 Å². The van der Waals surface area contributed by atoms with Crippen LogP contribution in [0.25, 0.3) is 0 Å². The summed E-state index contributed by atoms with van der Waals surface area (Å²) >= 11 is 0. The molecule has 0 unspecified atom stereocenters. The van der Waals surface area contributed by atoms with Crippen molar-refractivity contribution in [2.75, 3.05) is 28.3 Å². The normalized spacial score (nSPS) is 10.4. The number of hydrogen-bond donors (Lipinski definition) is 0. The van der Waals surface area contributed by atoms with Crippen molar-refractivity contribution in [3.8, 4) is 23.1 Å². The van der Waals surface area contributed by atoms with Gasteiger partial charge in [0.25, 0.3) is 11.8 Å². The number of nitrogens with zero attached hydrogens (tertiary/aromatic N) is 2. The van der Waals surface area contributed by atoms with E-state index in [2.05, 4.69) is 4.98 Å². The van der Waals surface area contributed by atoms with E-state index in [0.29, 0.717) is 0 Å². The Kier molecular flexibility index (Phi) is 5.41. The lowest BCUT2D eigenvalue weighted by molar-refractivity contribution is 0.0826. The first-order valence-electron chi connectivity index (χ1n) is 7.26. The molecule has 1 heterocycles. The minimum absolute atomic E-state index is 0.0180. The molecule has 0 bridgehead atoms. The lowest BCUT2D eigenvalue weighted by atomic mass is 10.1. The topological polar surface area (TPSA) is 60.9 Å². The van der Waals surface area contributed by atoms with Crippen molar-refractivity contribution in [1.82, 2.24) is 9.88 Å². The van der Waals surface area contributed by atoms with Gasteiger partial charge in [0.15, 0.2) is 17.3 Å². The monoisotopic (exact) mass is 352 g/mol. The van der Waals surface area contributed by atoms with Crippen molar-refractivity contribution in [3.05, 3.63) is 41.1 Å². The van der Waals surface area contributed by atoms with E-state index in [1.54, 1.807) is 14.1 Å². The Morgan fingerprint density at radius 3 is 2.32 bits per heavy atom. The number of halogens is 2.